The Labute approximate surface area is 276 Å². The minimum absolute atomic E-state index is 0.00812. The van der Waals surface area contributed by atoms with Crippen LogP contribution in [0.4, 0.5) is 0 Å². The average Bonchev–Trinajstić information content (AvgIpc) is 2.95. The van der Waals surface area contributed by atoms with E-state index < -0.39 is 77.9 Å². The number of aliphatic hydroxyl groups is 1. The maximum atomic E-state index is 13.2. The predicted octanol–water partition coefficient (Wildman–Crippen LogP) is -0.803. The fourth-order valence-corrected chi connectivity index (χ4v) is 4.92. The molecule has 0 heterocycles. The summed E-state index contributed by atoms with van der Waals surface area (Å²) in [7, 11) is 0. The number of carboxylic acids is 1. The molecule has 0 aliphatic rings. The minimum atomic E-state index is -1.48. The molecule has 5 amide bonds. The van der Waals surface area contributed by atoms with E-state index in [1.807, 2.05) is 34.0 Å². The number of rotatable bonds is 23. The number of nitrogens with two attached hydrogens (primary N) is 2. The third-order valence-corrected chi connectivity index (χ3v) is 7.67. The standard InChI is InChI=1S/C30H57N7O8S/c1-16(2)14-20(32)26(40)36-23(15-17(3)4)28(42)37-24(19(6)38)29(43)33-18(5)25(39)34-21(10-8-9-12-31)27(41)35-22(30(44)45)11-13-46-7/h16-24,38H,8-15,31-32H2,1-7H3,(H,33,43)(H,34,39)(H,35,41)(H,36,40)(H,37,42)(H,44,45)/t18-,19+,20-,21-,22-,23-,24-/m0/s1. The lowest BCUT2D eigenvalue weighted by Crippen LogP contribution is -2.61. The number of carbonyl (C=O) groups excluding carboxylic acids is 5. The lowest BCUT2D eigenvalue weighted by molar-refractivity contribution is -0.142. The summed E-state index contributed by atoms with van der Waals surface area (Å²) in [5.41, 5.74) is 11.5. The van der Waals surface area contributed by atoms with E-state index in [0.29, 0.717) is 31.6 Å². The normalized spacial score (nSPS) is 15.9. The minimum Gasteiger partial charge on any atom is -0.480 e. The molecule has 0 saturated heterocycles. The zero-order chi connectivity index (χ0) is 35.6. The third kappa shape index (κ3) is 17.1. The number of carbonyl (C=O) groups is 6. The highest BCUT2D eigenvalue weighted by molar-refractivity contribution is 7.98. The number of nitrogens with one attached hydrogen (secondary N) is 5. The Bertz CT molecular complexity index is 998. The Hall–Kier alpha value is -2.95. The van der Waals surface area contributed by atoms with Crippen LogP contribution < -0.4 is 38.1 Å². The SMILES string of the molecule is CSCC[C@H](NC(=O)[C@H](CCCCN)NC(=O)[C@H](C)NC(=O)[C@@H](NC(=O)[C@H](CC(C)C)NC(=O)[C@@H](N)CC(C)C)[C@@H](C)O)C(=O)O. The summed E-state index contributed by atoms with van der Waals surface area (Å²) >= 11 is 1.43. The van der Waals surface area contributed by atoms with Crippen molar-refractivity contribution in [1.29, 1.82) is 0 Å². The molecule has 0 saturated carbocycles. The molecular weight excluding hydrogens is 618 g/mol. The first-order valence-electron chi connectivity index (χ1n) is 15.8. The van der Waals surface area contributed by atoms with Crippen LogP contribution in [-0.2, 0) is 28.8 Å². The molecule has 0 aromatic carbocycles. The number of hydrogen-bond acceptors (Lipinski definition) is 10. The molecule has 15 nitrogen and oxygen atoms in total. The zero-order valence-corrected chi connectivity index (χ0v) is 29.1. The van der Waals surface area contributed by atoms with Crippen LogP contribution in [-0.4, -0.2) is 107 Å². The number of aliphatic carboxylic acids is 1. The predicted molar refractivity (Wildman–Crippen MR) is 177 cm³/mol. The van der Waals surface area contributed by atoms with E-state index in [2.05, 4.69) is 26.6 Å². The second-order valence-electron chi connectivity index (χ2n) is 12.4. The number of carboxylic acid groups (broad SMARTS) is 1. The van der Waals surface area contributed by atoms with E-state index in [0.717, 1.165) is 0 Å². The Morgan fingerprint density at radius 1 is 0.674 bits per heavy atom. The van der Waals surface area contributed by atoms with E-state index in [-0.39, 0.29) is 31.1 Å². The zero-order valence-electron chi connectivity index (χ0n) is 28.3. The Balaban J connectivity index is 5.64. The van der Waals surface area contributed by atoms with Crippen molar-refractivity contribution in [2.75, 3.05) is 18.6 Å². The first-order chi connectivity index (χ1) is 21.4. The van der Waals surface area contributed by atoms with Gasteiger partial charge in [0.25, 0.3) is 0 Å². The average molecular weight is 676 g/mol. The van der Waals surface area contributed by atoms with Crippen molar-refractivity contribution in [3.05, 3.63) is 0 Å². The summed E-state index contributed by atoms with van der Waals surface area (Å²) in [6.45, 7) is 10.6. The van der Waals surface area contributed by atoms with E-state index in [1.54, 1.807) is 0 Å². The number of amides is 5. The molecule has 7 atom stereocenters. The molecule has 0 aromatic rings. The second kappa shape index (κ2) is 22.6. The van der Waals surface area contributed by atoms with E-state index in [1.165, 1.54) is 25.6 Å². The van der Waals surface area contributed by atoms with Crippen molar-refractivity contribution in [3.8, 4) is 0 Å². The molecule has 0 spiro atoms. The van der Waals surface area contributed by atoms with Gasteiger partial charge in [-0.2, -0.15) is 11.8 Å². The quantitative estimate of drug-likeness (QED) is 0.0606. The summed E-state index contributed by atoms with van der Waals surface area (Å²) in [6, 6.07) is -6.78. The molecule has 0 aliphatic heterocycles. The van der Waals surface area contributed by atoms with Crippen LogP contribution in [0.15, 0.2) is 0 Å². The van der Waals surface area contributed by atoms with E-state index >= 15 is 0 Å². The Morgan fingerprint density at radius 2 is 1.22 bits per heavy atom. The Morgan fingerprint density at radius 3 is 1.72 bits per heavy atom. The molecular formula is C30H57N7O8S. The number of aliphatic hydroxyl groups excluding tert-OH is 1. The van der Waals surface area contributed by atoms with Gasteiger partial charge in [-0.05, 0) is 82.8 Å². The van der Waals surface area contributed by atoms with Crippen molar-refractivity contribution < 1.29 is 39.0 Å². The molecule has 46 heavy (non-hydrogen) atoms. The second-order valence-corrected chi connectivity index (χ2v) is 13.4. The molecule has 0 rings (SSSR count). The van der Waals surface area contributed by atoms with Crippen LogP contribution in [0.25, 0.3) is 0 Å². The van der Waals surface area contributed by atoms with Gasteiger partial charge in [-0.1, -0.05) is 27.7 Å². The molecule has 0 aliphatic carbocycles. The molecule has 266 valence electrons. The van der Waals surface area contributed by atoms with Crippen LogP contribution >= 0.6 is 11.8 Å². The fraction of sp³-hybridized carbons (Fsp3) is 0.800. The van der Waals surface area contributed by atoms with Gasteiger partial charge in [-0.3, -0.25) is 24.0 Å². The smallest absolute Gasteiger partial charge is 0.326 e. The first-order valence-corrected chi connectivity index (χ1v) is 17.2. The van der Waals surface area contributed by atoms with E-state index in [4.69, 9.17) is 11.5 Å². The van der Waals surface area contributed by atoms with Crippen molar-refractivity contribution in [1.82, 2.24) is 26.6 Å². The van der Waals surface area contributed by atoms with E-state index in [9.17, 15) is 39.0 Å². The molecule has 16 heteroatoms. The van der Waals surface area contributed by atoms with Gasteiger partial charge >= 0.3 is 5.97 Å². The summed E-state index contributed by atoms with van der Waals surface area (Å²) in [5, 5.41) is 32.4. The van der Waals surface area contributed by atoms with Gasteiger partial charge in [0.1, 0.15) is 30.2 Å². The van der Waals surface area contributed by atoms with Crippen LogP contribution in [0.1, 0.15) is 80.1 Å². The first kappa shape index (κ1) is 43.0. The molecule has 0 radical (unpaired) electrons. The van der Waals surface area contributed by atoms with Crippen molar-refractivity contribution in [2.24, 2.45) is 23.3 Å². The van der Waals surface area contributed by atoms with Gasteiger partial charge in [-0.25, -0.2) is 4.79 Å². The Kier molecular flexibility index (Phi) is 21.1. The summed E-state index contributed by atoms with van der Waals surface area (Å²) in [4.78, 5) is 76.7. The van der Waals surface area contributed by atoms with Gasteiger partial charge in [0.2, 0.25) is 29.5 Å². The lowest BCUT2D eigenvalue weighted by atomic mass is 10.00. The molecule has 11 N–H and O–H groups in total. The molecule has 0 bridgehead atoms. The number of thioether (sulfide) groups is 1. The van der Waals surface area contributed by atoms with Crippen molar-refractivity contribution >= 4 is 47.3 Å². The van der Waals surface area contributed by atoms with Crippen LogP contribution in [0.5, 0.6) is 0 Å². The van der Waals surface area contributed by atoms with Gasteiger partial charge in [0.15, 0.2) is 0 Å². The molecule has 0 fully saturated rings. The van der Waals surface area contributed by atoms with Crippen molar-refractivity contribution in [3.63, 3.8) is 0 Å². The summed E-state index contributed by atoms with van der Waals surface area (Å²) in [5.74, 6) is -4.06. The fourth-order valence-electron chi connectivity index (χ4n) is 4.45. The van der Waals surface area contributed by atoms with Gasteiger partial charge in [0.05, 0.1) is 12.1 Å². The lowest BCUT2D eigenvalue weighted by Gasteiger charge is -2.27. The van der Waals surface area contributed by atoms with Gasteiger partial charge < -0.3 is 48.3 Å². The maximum absolute atomic E-state index is 13.2. The number of hydrogen-bond donors (Lipinski definition) is 9. The van der Waals surface area contributed by atoms with Crippen LogP contribution in [0, 0.1) is 11.8 Å². The van der Waals surface area contributed by atoms with Crippen LogP contribution in [0.3, 0.4) is 0 Å². The maximum Gasteiger partial charge on any atom is 0.326 e. The summed E-state index contributed by atoms with van der Waals surface area (Å²) in [6.07, 6.45) is 2.51. The topological polar surface area (TPSA) is 255 Å². The van der Waals surface area contributed by atoms with Gasteiger partial charge in [0, 0.05) is 0 Å². The van der Waals surface area contributed by atoms with Gasteiger partial charge in [-0.15, -0.1) is 0 Å². The molecule has 0 unspecified atom stereocenters. The third-order valence-electron chi connectivity index (χ3n) is 7.02. The monoisotopic (exact) mass is 675 g/mol. The summed E-state index contributed by atoms with van der Waals surface area (Å²) < 4.78 is 0. The highest BCUT2D eigenvalue weighted by atomic mass is 32.2. The number of unbranched alkanes of at least 4 members (excludes halogenated alkanes) is 1. The van der Waals surface area contributed by atoms with Crippen LogP contribution in [0.2, 0.25) is 0 Å². The highest BCUT2D eigenvalue weighted by Gasteiger charge is 2.33. The van der Waals surface area contributed by atoms with Crippen molar-refractivity contribution in [2.45, 2.75) is 122 Å². The highest BCUT2D eigenvalue weighted by Crippen LogP contribution is 2.09. The largest absolute Gasteiger partial charge is 0.480 e. The molecule has 0 aromatic heterocycles.